The van der Waals surface area contributed by atoms with Crippen LogP contribution in [0, 0.1) is 5.92 Å². The molecule has 2 aliphatic rings. The second kappa shape index (κ2) is 4.22. The highest BCUT2D eigenvalue weighted by molar-refractivity contribution is 7.09. The number of hydrogen-bond acceptors (Lipinski definition) is 3. The van der Waals surface area contributed by atoms with E-state index >= 15 is 0 Å². The van der Waals surface area contributed by atoms with Crippen molar-refractivity contribution in [1.82, 2.24) is 4.98 Å². The average molecular weight is 223 g/mol. The Morgan fingerprint density at radius 1 is 1.27 bits per heavy atom. The molecule has 1 aliphatic carbocycles. The fourth-order valence-electron chi connectivity index (χ4n) is 2.17. The Morgan fingerprint density at radius 2 is 2.07 bits per heavy atom. The highest BCUT2D eigenvalue weighted by atomic mass is 32.1. The van der Waals surface area contributed by atoms with Crippen LogP contribution in [0.4, 0.5) is 0 Å². The van der Waals surface area contributed by atoms with Gasteiger partial charge >= 0.3 is 0 Å². The summed E-state index contributed by atoms with van der Waals surface area (Å²) in [7, 11) is 0. The maximum Gasteiger partial charge on any atom is 0.0931 e. The Kier molecular flexibility index (Phi) is 2.76. The van der Waals surface area contributed by atoms with Gasteiger partial charge in [-0.2, -0.15) is 0 Å². The van der Waals surface area contributed by atoms with Crippen molar-refractivity contribution >= 4 is 11.3 Å². The van der Waals surface area contributed by atoms with Crippen molar-refractivity contribution in [3.63, 3.8) is 0 Å². The summed E-state index contributed by atoms with van der Waals surface area (Å²) in [6, 6.07) is 0. The van der Waals surface area contributed by atoms with E-state index < -0.39 is 0 Å². The van der Waals surface area contributed by atoms with Crippen molar-refractivity contribution in [3.8, 4) is 0 Å². The molecule has 1 saturated carbocycles. The molecule has 0 N–H and O–H groups in total. The zero-order valence-electron chi connectivity index (χ0n) is 8.95. The summed E-state index contributed by atoms with van der Waals surface area (Å²) in [6.45, 7) is 1.83. The second-order valence-electron chi connectivity index (χ2n) is 4.70. The number of rotatable bonds is 3. The summed E-state index contributed by atoms with van der Waals surface area (Å²) < 4.78 is 5.38. The first kappa shape index (κ1) is 9.79. The van der Waals surface area contributed by atoms with E-state index in [1.807, 2.05) is 11.3 Å². The lowest BCUT2D eigenvalue weighted by Gasteiger charge is -2.19. The van der Waals surface area contributed by atoms with Crippen LogP contribution >= 0.6 is 11.3 Å². The molecule has 0 spiro atoms. The first-order valence-corrected chi connectivity index (χ1v) is 6.82. The first-order chi connectivity index (χ1) is 7.42. The molecule has 0 atom stereocenters. The quantitative estimate of drug-likeness (QED) is 0.786. The van der Waals surface area contributed by atoms with Crippen LogP contribution in [0.2, 0.25) is 0 Å². The minimum absolute atomic E-state index is 0.669. The fraction of sp³-hybridized carbons (Fsp3) is 0.750. The third-order valence-corrected chi connectivity index (χ3v) is 4.26. The van der Waals surface area contributed by atoms with Crippen LogP contribution in [-0.4, -0.2) is 18.2 Å². The van der Waals surface area contributed by atoms with Gasteiger partial charge in [-0.15, -0.1) is 11.3 Å². The van der Waals surface area contributed by atoms with Gasteiger partial charge in [0, 0.05) is 30.9 Å². The smallest absolute Gasteiger partial charge is 0.0931 e. The monoisotopic (exact) mass is 223 g/mol. The zero-order valence-corrected chi connectivity index (χ0v) is 9.76. The largest absolute Gasteiger partial charge is 0.381 e. The third kappa shape index (κ3) is 2.40. The van der Waals surface area contributed by atoms with Gasteiger partial charge in [0.2, 0.25) is 0 Å². The maximum absolute atomic E-state index is 5.38. The van der Waals surface area contributed by atoms with Gasteiger partial charge in [-0.25, -0.2) is 4.98 Å². The summed E-state index contributed by atoms with van der Waals surface area (Å²) in [5.74, 6) is 1.63. The van der Waals surface area contributed by atoms with Gasteiger partial charge < -0.3 is 4.74 Å². The van der Waals surface area contributed by atoms with Crippen molar-refractivity contribution in [3.05, 3.63) is 16.1 Å². The molecule has 0 aromatic carbocycles. The number of hydrogen-bond donors (Lipinski definition) is 0. The predicted octanol–water partition coefficient (Wildman–Crippen LogP) is 2.99. The van der Waals surface area contributed by atoms with E-state index in [2.05, 4.69) is 5.38 Å². The molecule has 1 saturated heterocycles. The number of ether oxygens (including phenoxy) is 1. The Bertz CT molecular complexity index is 326. The Balaban J connectivity index is 1.65. The number of thiazole rings is 1. The van der Waals surface area contributed by atoms with E-state index in [0.29, 0.717) is 5.92 Å². The molecular weight excluding hydrogens is 206 g/mol. The van der Waals surface area contributed by atoms with Crippen molar-refractivity contribution in [1.29, 1.82) is 0 Å². The summed E-state index contributed by atoms with van der Waals surface area (Å²) >= 11 is 1.86. The second-order valence-corrected chi connectivity index (χ2v) is 5.64. The van der Waals surface area contributed by atoms with Crippen LogP contribution < -0.4 is 0 Å². The van der Waals surface area contributed by atoms with Gasteiger partial charge in [0.15, 0.2) is 0 Å². The third-order valence-electron chi connectivity index (χ3n) is 3.37. The number of aromatic nitrogens is 1. The highest BCUT2D eigenvalue weighted by Gasteiger charge is 2.24. The minimum Gasteiger partial charge on any atom is -0.381 e. The topological polar surface area (TPSA) is 22.1 Å². The molecule has 0 bridgehead atoms. The van der Waals surface area contributed by atoms with Crippen molar-refractivity contribution in [2.45, 2.75) is 38.0 Å². The molecule has 1 aromatic heterocycles. The first-order valence-electron chi connectivity index (χ1n) is 5.94. The molecule has 3 rings (SSSR count). The summed E-state index contributed by atoms with van der Waals surface area (Å²) in [5, 5.41) is 3.63. The van der Waals surface area contributed by atoms with Crippen LogP contribution in [0.5, 0.6) is 0 Å². The molecule has 1 aliphatic heterocycles. The molecule has 2 nitrogen and oxygen atoms in total. The lowest BCUT2D eigenvalue weighted by Crippen LogP contribution is -2.14. The van der Waals surface area contributed by atoms with E-state index in [0.717, 1.165) is 32.0 Å². The molecule has 1 aromatic rings. The maximum atomic E-state index is 5.38. The van der Waals surface area contributed by atoms with Crippen molar-refractivity contribution < 1.29 is 4.74 Å². The van der Waals surface area contributed by atoms with Gasteiger partial charge in [-0.1, -0.05) is 0 Å². The van der Waals surface area contributed by atoms with Crippen LogP contribution in [-0.2, 0) is 11.2 Å². The van der Waals surface area contributed by atoms with Gasteiger partial charge in [-0.05, 0) is 31.6 Å². The predicted molar refractivity (Wildman–Crippen MR) is 61.3 cm³/mol. The van der Waals surface area contributed by atoms with Crippen LogP contribution in [0.1, 0.15) is 42.3 Å². The van der Waals surface area contributed by atoms with Gasteiger partial charge in [0.1, 0.15) is 0 Å². The lowest BCUT2D eigenvalue weighted by atomic mass is 9.97. The van der Waals surface area contributed by atoms with Crippen LogP contribution in [0.15, 0.2) is 5.38 Å². The fourth-order valence-corrected chi connectivity index (χ4v) is 3.16. The van der Waals surface area contributed by atoms with E-state index in [-0.39, 0.29) is 0 Å². The molecule has 0 radical (unpaired) electrons. The summed E-state index contributed by atoms with van der Waals surface area (Å²) in [5.41, 5.74) is 1.33. The van der Waals surface area contributed by atoms with Gasteiger partial charge in [0.25, 0.3) is 0 Å². The SMILES string of the molecule is c1sc(CC2CC2)nc1C1CCOCC1. The summed E-state index contributed by atoms with van der Waals surface area (Å²) in [6.07, 6.45) is 6.39. The van der Waals surface area contributed by atoms with Crippen LogP contribution in [0.3, 0.4) is 0 Å². The molecule has 3 heteroatoms. The molecule has 2 heterocycles. The van der Waals surface area contributed by atoms with E-state index in [1.54, 1.807) is 0 Å². The van der Waals surface area contributed by atoms with Crippen molar-refractivity contribution in [2.24, 2.45) is 5.92 Å². The summed E-state index contributed by atoms with van der Waals surface area (Å²) in [4.78, 5) is 4.78. The Hall–Kier alpha value is -0.410. The normalized spacial score (nSPS) is 23.2. The van der Waals surface area contributed by atoms with Gasteiger partial charge in [0.05, 0.1) is 10.7 Å². The number of nitrogens with zero attached hydrogens (tertiary/aromatic N) is 1. The molecule has 82 valence electrons. The zero-order chi connectivity index (χ0) is 10.1. The van der Waals surface area contributed by atoms with Gasteiger partial charge in [-0.3, -0.25) is 0 Å². The van der Waals surface area contributed by atoms with Crippen molar-refractivity contribution in [2.75, 3.05) is 13.2 Å². The standard InChI is InChI=1S/C12H17NOS/c1-2-9(1)7-12-13-11(8-15-12)10-3-5-14-6-4-10/h8-10H,1-7H2. The Labute approximate surface area is 94.7 Å². The molecule has 2 fully saturated rings. The Morgan fingerprint density at radius 3 is 2.80 bits per heavy atom. The van der Waals surface area contributed by atoms with Crippen LogP contribution in [0.25, 0.3) is 0 Å². The lowest BCUT2D eigenvalue weighted by molar-refractivity contribution is 0.0846. The molecule has 15 heavy (non-hydrogen) atoms. The molecule has 0 unspecified atom stereocenters. The van der Waals surface area contributed by atoms with E-state index in [1.165, 1.54) is 30.0 Å². The highest BCUT2D eigenvalue weighted by Crippen LogP contribution is 2.35. The minimum atomic E-state index is 0.669. The van der Waals surface area contributed by atoms with E-state index in [9.17, 15) is 0 Å². The van der Waals surface area contributed by atoms with E-state index in [4.69, 9.17) is 9.72 Å². The average Bonchev–Trinajstić information content (AvgIpc) is 2.96. The molecule has 0 amide bonds. The molecular formula is C12H17NOS.